The highest BCUT2D eigenvalue weighted by Gasteiger charge is 2.22. The number of imidazole rings is 1. The molecule has 2 aromatic rings. The molecule has 18 heavy (non-hydrogen) atoms. The number of rotatable bonds is 4. The van der Waals surface area contributed by atoms with E-state index in [0.29, 0.717) is 12.6 Å². The Hall–Kier alpha value is -1.46. The lowest BCUT2D eigenvalue weighted by Crippen LogP contribution is -2.19. The van der Waals surface area contributed by atoms with Gasteiger partial charge in [0.05, 0.1) is 29.9 Å². The molecule has 3 heterocycles. The molecular formula is C13H18N4O. The molecule has 0 bridgehead atoms. The molecule has 96 valence electrons. The average Bonchev–Trinajstić information content (AvgIpc) is 3.03. The summed E-state index contributed by atoms with van der Waals surface area (Å²) in [5, 5.41) is 3.51. The number of ether oxygens (including phenoxy) is 1. The molecular weight excluding hydrogens is 228 g/mol. The van der Waals surface area contributed by atoms with Crippen LogP contribution in [0.5, 0.6) is 0 Å². The van der Waals surface area contributed by atoms with Crippen LogP contribution in [-0.2, 0) is 11.3 Å². The molecule has 1 fully saturated rings. The third-order valence-corrected chi connectivity index (χ3v) is 3.47. The first kappa shape index (κ1) is 11.6. The van der Waals surface area contributed by atoms with Crippen molar-refractivity contribution in [3.63, 3.8) is 0 Å². The molecule has 0 aromatic carbocycles. The highest BCUT2D eigenvalue weighted by molar-refractivity contribution is 5.74. The highest BCUT2D eigenvalue weighted by atomic mass is 16.5. The summed E-state index contributed by atoms with van der Waals surface area (Å²) in [4.78, 5) is 8.95. The smallest absolute Gasteiger partial charge is 0.127 e. The molecule has 3 rings (SSSR count). The molecule has 0 aliphatic carbocycles. The largest absolute Gasteiger partial charge is 0.383 e. The number of methoxy groups -OCH3 is 1. The van der Waals surface area contributed by atoms with Gasteiger partial charge in [-0.15, -0.1) is 0 Å². The van der Waals surface area contributed by atoms with E-state index in [0.717, 1.165) is 36.4 Å². The number of fused-ring (bicyclic) bond motifs is 1. The van der Waals surface area contributed by atoms with Gasteiger partial charge in [-0.2, -0.15) is 0 Å². The van der Waals surface area contributed by atoms with Gasteiger partial charge in [0.2, 0.25) is 0 Å². The summed E-state index contributed by atoms with van der Waals surface area (Å²) in [6.45, 7) is 2.60. The molecule has 5 nitrogen and oxygen atoms in total. The van der Waals surface area contributed by atoms with Gasteiger partial charge < -0.3 is 14.6 Å². The minimum Gasteiger partial charge on any atom is -0.383 e. The van der Waals surface area contributed by atoms with E-state index in [2.05, 4.69) is 14.9 Å². The van der Waals surface area contributed by atoms with Crippen LogP contribution in [0.3, 0.4) is 0 Å². The number of nitrogens with one attached hydrogen (secondary N) is 1. The van der Waals surface area contributed by atoms with Crippen LogP contribution < -0.4 is 5.32 Å². The van der Waals surface area contributed by atoms with Crippen molar-refractivity contribution < 1.29 is 4.74 Å². The number of aromatic nitrogens is 3. The van der Waals surface area contributed by atoms with E-state index in [1.165, 1.54) is 6.42 Å². The highest BCUT2D eigenvalue weighted by Crippen LogP contribution is 2.25. The van der Waals surface area contributed by atoms with E-state index < -0.39 is 0 Å². The molecule has 1 saturated heterocycles. The predicted molar refractivity (Wildman–Crippen MR) is 69.4 cm³/mol. The third kappa shape index (κ3) is 2.00. The summed E-state index contributed by atoms with van der Waals surface area (Å²) in [5.74, 6) is 1.12. The lowest BCUT2D eigenvalue weighted by molar-refractivity contribution is 0.187. The molecule has 0 amide bonds. The Labute approximate surface area is 106 Å². The first-order valence-electron chi connectivity index (χ1n) is 6.42. The second-order valence-electron chi connectivity index (χ2n) is 4.63. The van der Waals surface area contributed by atoms with Crippen molar-refractivity contribution in [3.8, 4) is 0 Å². The van der Waals surface area contributed by atoms with Crippen LogP contribution in [-0.4, -0.2) is 34.8 Å². The quantitative estimate of drug-likeness (QED) is 0.888. The van der Waals surface area contributed by atoms with Crippen LogP contribution in [0.2, 0.25) is 0 Å². The summed E-state index contributed by atoms with van der Waals surface area (Å²) in [6, 6.07) is 2.34. The zero-order valence-corrected chi connectivity index (χ0v) is 10.6. The van der Waals surface area contributed by atoms with E-state index in [-0.39, 0.29) is 0 Å². The van der Waals surface area contributed by atoms with Gasteiger partial charge >= 0.3 is 0 Å². The van der Waals surface area contributed by atoms with Gasteiger partial charge in [0, 0.05) is 19.9 Å². The van der Waals surface area contributed by atoms with Gasteiger partial charge in [-0.3, -0.25) is 4.98 Å². The van der Waals surface area contributed by atoms with Gasteiger partial charge in [-0.25, -0.2) is 4.98 Å². The number of nitrogens with zero attached hydrogens (tertiary/aromatic N) is 3. The van der Waals surface area contributed by atoms with Crippen molar-refractivity contribution in [2.24, 2.45) is 0 Å². The molecule has 1 N–H and O–H groups in total. The number of hydrogen-bond donors (Lipinski definition) is 1. The lowest BCUT2D eigenvalue weighted by Gasteiger charge is -2.13. The SMILES string of the molecule is COCCn1c([C@H]2CCCN2)nc2ccncc21. The van der Waals surface area contributed by atoms with Crippen LogP contribution in [0.4, 0.5) is 0 Å². The van der Waals surface area contributed by atoms with Crippen LogP contribution in [0.1, 0.15) is 24.7 Å². The van der Waals surface area contributed by atoms with Crippen molar-refractivity contribution in [1.29, 1.82) is 0 Å². The average molecular weight is 246 g/mol. The molecule has 1 atom stereocenters. The Balaban J connectivity index is 2.04. The minimum atomic E-state index is 0.370. The third-order valence-electron chi connectivity index (χ3n) is 3.47. The van der Waals surface area contributed by atoms with Crippen LogP contribution in [0.15, 0.2) is 18.5 Å². The van der Waals surface area contributed by atoms with Crippen molar-refractivity contribution in [2.45, 2.75) is 25.4 Å². The van der Waals surface area contributed by atoms with E-state index in [9.17, 15) is 0 Å². The summed E-state index contributed by atoms with van der Waals surface area (Å²) in [6.07, 6.45) is 6.05. The van der Waals surface area contributed by atoms with E-state index >= 15 is 0 Å². The maximum atomic E-state index is 5.19. The van der Waals surface area contributed by atoms with Gasteiger partial charge in [0.1, 0.15) is 5.82 Å². The zero-order chi connectivity index (χ0) is 12.4. The van der Waals surface area contributed by atoms with E-state index in [1.807, 2.05) is 12.3 Å². The predicted octanol–water partition coefficient (Wildman–Crippen LogP) is 1.50. The van der Waals surface area contributed by atoms with Crippen LogP contribution in [0, 0.1) is 0 Å². The number of pyridine rings is 1. The fraction of sp³-hybridized carbons (Fsp3) is 0.538. The van der Waals surface area contributed by atoms with Gasteiger partial charge in [0.15, 0.2) is 0 Å². The molecule has 0 spiro atoms. The molecule has 0 saturated carbocycles. The molecule has 0 radical (unpaired) electrons. The summed E-state index contributed by atoms with van der Waals surface area (Å²) < 4.78 is 7.42. The molecule has 1 aliphatic heterocycles. The maximum Gasteiger partial charge on any atom is 0.127 e. The van der Waals surface area contributed by atoms with Crippen molar-refractivity contribution >= 4 is 11.0 Å². The fourth-order valence-corrected chi connectivity index (χ4v) is 2.58. The molecule has 1 aliphatic rings. The maximum absolute atomic E-state index is 5.19. The second-order valence-corrected chi connectivity index (χ2v) is 4.63. The Kier molecular flexibility index (Phi) is 3.25. The second kappa shape index (κ2) is 5.04. The van der Waals surface area contributed by atoms with Gasteiger partial charge in [-0.1, -0.05) is 0 Å². The minimum absolute atomic E-state index is 0.370. The molecule has 2 aromatic heterocycles. The van der Waals surface area contributed by atoms with Crippen molar-refractivity contribution in [3.05, 3.63) is 24.3 Å². The van der Waals surface area contributed by atoms with Crippen LogP contribution in [0.25, 0.3) is 11.0 Å². The molecule has 0 unspecified atom stereocenters. The van der Waals surface area contributed by atoms with E-state index in [4.69, 9.17) is 9.72 Å². The summed E-state index contributed by atoms with van der Waals surface area (Å²) in [7, 11) is 1.73. The van der Waals surface area contributed by atoms with Crippen LogP contribution >= 0.6 is 0 Å². The topological polar surface area (TPSA) is 52.0 Å². The Morgan fingerprint density at radius 1 is 1.56 bits per heavy atom. The summed E-state index contributed by atoms with van der Waals surface area (Å²) in [5.41, 5.74) is 2.11. The zero-order valence-electron chi connectivity index (χ0n) is 10.6. The first-order valence-corrected chi connectivity index (χ1v) is 6.42. The fourth-order valence-electron chi connectivity index (χ4n) is 2.58. The normalized spacial score (nSPS) is 19.7. The first-order chi connectivity index (χ1) is 8.90. The van der Waals surface area contributed by atoms with Gasteiger partial charge in [0.25, 0.3) is 0 Å². The lowest BCUT2D eigenvalue weighted by atomic mass is 10.2. The van der Waals surface area contributed by atoms with E-state index in [1.54, 1.807) is 13.3 Å². The Morgan fingerprint density at radius 3 is 3.28 bits per heavy atom. The van der Waals surface area contributed by atoms with Crippen molar-refractivity contribution in [2.75, 3.05) is 20.3 Å². The summed E-state index contributed by atoms with van der Waals surface area (Å²) >= 11 is 0. The monoisotopic (exact) mass is 246 g/mol. The Bertz CT molecular complexity index is 531. The number of hydrogen-bond acceptors (Lipinski definition) is 4. The van der Waals surface area contributed by atoms with Crippen molar-refractivity contribution in [1.82, 2.24) is 19.9 Å². The molecule has 5 heteroatoms. The Morgan fingerprint density at radius 2 is 2.50 bits per heavy atom. The van der Waals surface area contributed by atoms with Gasteiger partial charge in [-0.05, 0) is 25.5 Å². The standard InChI is InChI=1S/C13H18N4O/c1-18-8-7-17-12-9-14-6-4-10(12)16-13(17)11-3-2-5-15-11/h4,6,9,11,15H,2-3,5,7-8H2,1H3/t11-/m1/s1.